The van der Waals surface area contributed by atoms with Crippen LogP contribution < -0.4 is 10.5 Å². The molecule has 0 aliphatic carbocycles. The Kier molecular flexibility index (Phi) is 4.46. The Labute approximate surface area is 121 Å². The fourth-order valence-corrected chi connectivity index (χ4v) is 2.25. The molecule has 0 aliphatic heterocycles. The van der Waals surface area contributed by atoms with Crippen molar-refractivity contribution in [2.75, 3.05) is 0 Å². The third-order valence-electron chi connectivity index (χ3n) is 3.55. The molecule has 2 N–H and O–H groups in total. The van der Waals surface area contributed by atoms with Crippen molar-refractivity contribution >= 4 is 0 Å². The Balaban J connectivity index is 2.22. The van der Waals surface area contributed by atoms with Crippen LogP contribution in [0.25, 0.3) is 0 Å². The van der Waals surface area contributed by atoms with Crippen molar-refractivity contribution in [2.24, 2.45) is 5.73 Å². The maximum absolute atomic E-state index is 6.02. The number of nitrogens with two attached hydrogens (primary N) is 1. The highest BCUT2D eigenvalue weighted by molar-refractivity contribution is 5.39. The van der Waals surface area contributed by atoms with Gasteiger partial charge in [-0.15, -0.1) is 0 Å². The molecule has 2 aromatic carbocycles. The lowest BCUT2D eigenvalue weighted by molar-refractivity contribution is 0.300. The molecule has 1 atom stereocenters. The van der Waals surface area contributed by atoms with Crippen LogP contribution in [0.5, 0.6) is 5.75 Å². The van der Waals surface area contributed by atoms with Crippen molar-refractivity contribution in [3.05, 3.63) is 64.2 Å². The van der Waals surface area contributed by atoms with Crippen LogP contribution in [0.1, 0.15) is 40.8 Å². The zero-order chi connectivity index (χ0) is 14.7. The lowest BCUT2D eigenvalue weighted by Gasteiger charge is -2.16. The molecule has 106 valence electrons. The molecule has 0 heterocycles. The van der Waals surface area contributed by atoms with Crippen LogP contribution in [-0.2, 0) is 6.61 Å². The van der Waals surface area contributed by atoms with E-state index in [9.17, 15) is 0 Å². The van der Waals surface area contributed by atoms with Crippen LogP contribution in [0.2, 0.25) is 0 Å². The first-order chi connectivity index (χ1) is 9.47. The molecule has 0 aliphatic rings. The van der Waals surface area contributed by atoms with Gasteiger partial charge < -0.3 is 10.5 Å². The lowest BCUT2D eigenvalue weighted by atomic mass is 10.0. The van der Waals surface area contributed by atoms with Crippen molar-refractivity contribution in [3.8, 4) is 5.75 Å². The molecule has 0 fully saturated rings. The third kappa shape index (κ3) is 3.40. The maximum Gasteiger partial charge on any atom is 0.124 e. The van der Waals surface area contributed by atoms with Crippen LogP contribution in [0, 0.1) is 20.8 Å². The van der Waals surface area contributed by atoms with E-state index in [0.717, 1.165) is 11.3 Å². The van der Waals surface area contributed by atoms with Crippen LogP contribution in [-0.4, -0.2) is 0 Å². The number of aryl methyl sites for hydroxylation is 3. The number of ether oxygens (including phenoxy) is 1. The van der Waals surface area contributed by atoms with E-state index < -0.39 is 0 Å². The largest absolute Gasteiger partial charge is 0.489 e. The fraction of sp³-hybridized carbons (Fsp3) is 0.333. The quantitative estimate of drug-likeness (QED) is 0.902. The smallest absolute Gasteiger partial charge is 0.124 e. The molecular formula is C18H23NO. The van der Waals surface area contributed by atoms with Crippen LogP contribution in [0.3, 0.4) is 0 Å². The second-order valence-corrected chi connectivity index (χ2v) is 5.55. The first-order valence-electron chi connectivity index (χ1n) is 7.02. The summed E-state index contributed by atoms with van der Waals surface area (Å²) in [5, 5.41) is 0. The van der Waals surface area contributed by atoms with Gasteiger partial charge in [-0.25, -0.2) is 0 Å². The van der Waals surface area contributed by atoms with Gasteiger partial charge in [-0.3, -0.25) is 0 Å². The van der Waals surface area contributed by atoms with Crippen LogP contribution >= 0.6 is 0 Å². The summed E-state index contributed by atoms with van der Waals surface area (Å²) >= 11 is 0. The van der Waals surface area contributed by atoms with Gasteiger partial charge >= 0.3 is 0 Å². The van der Waals surface area contributed by atoms with E-state index >= 15 is 0 Å². The minimum Gasteiger partial charge on any atom is -0.489 e. The third-order valence-corrected chi connectivity index (χ3v) is 3.55. The summed E-state index contributed by atoms with van der Waals surface area (Å²) in [6.07, 6.45) is 0. The second-order valence-electron chi connectivity index (χ2n) is 5.55. The predicted molar refractivity (Wildman–Crippen MR) is 84.0 cm³/mol. The maximum atomic E-state index is 6.02. The molecule has 0 unspecified atom stereocenters. The van der Waals surface area contributed by atoms with Crippen molar-refractivity contribution in [1.82, 2.24) is 0 Å². The van der Waals surface area contributed by atoms with Gasteiger partial charge in [0.25, 0.3) is 0 Å². The topological polar surface area (TPSA) is 35.2 Å². The standard InChI is InChI=1S/C18H23NO/c1-12-5-7-14(3)16(9-12)11-20-18-10-13(2)6-8-17(18)15(4)19/h5-10,15H,11,19H2,1-4H3/t15-/m1/s1. The Morgan fingerprint density at radius 2 is 1.65 bits per heavy atom. The summed E-state index contributed by atoms with van der Waals surface area (Å²) in [6, 6.07) is 12.6. The lowest BCUT2D eigenvalue weighted by Crippen LogP contribution is -2.08. The van der Waals surface area contributed by atoms with Gasteiger partial charge in [0, 0.05) is 11.6 Å². The number of hydrogen-bond acceptors (Lipinski definition) is 2. The average molecular weight is 269 g/mol. The van der Waals surface area contributed by atoms with Crippen LogP contribution in [0.15, 0.2) is 36.4 Å². The molecule has 0 radical (unpaired) electrons. The summed E-state index contributed by atoms with van der Waals surface area (Å²) < 4.78 is 6.02. The Bertz CT molecular complexity index is 602. The summed E-state index contributed by atoms with van der Waals surface area (Å²) in [7, 11) is 0. The zero-order valence-electron chi connectivity index (χ0n) is 12.7. The second kappa shape index (κ2) is 6.10. The molecule has 20 heavy (non-hydrogen) atoms. The highest BCUT2D eigenvalue weighted by Gasteiger charge is 2.09. The normalized spacial score (nSPS) is 12.2. The van der Waals surface area contributed by atoms with Crippen molar-refractivity contribution in [1.29, 1.82) is 0 Å². The minimum absolute atomic E-state index is 0.0239. The predicted octanol–water partition coefficient (Wildman–Crippen LogP) is 4.21. The van der Waals surface area contributed by atoms with Gasteiger partial charge in [-0.1, -0.05) is 35.9 Å². The summed E-state index contributed by atoms with van der Waals surface area (Å²) in [6.45, 7) is 8.84. The molecule has 0 amide bonds. The number of benzene rings is 2. The van der Waals surface area contributed by atoms with Gasteiger partial charge in [0.15, 0.2) is 0 Å². The van der Waals surface area contributed by atoms with Crippen LogP contribution in [0.4, 0.5) is 0 Å². The minimum atomic E-state index is -0.0239. The Morgan fingerprint density at radius 3 is 2.35 bits per heavy atom. The van der Waals surface area contributed by atoms with E-state index in [-0.39, 0.29) is 6.04 Å². The fourth-order valence-electron chi connectivity index (χ4n) is 2.25. The molecule has 0 aromatic heterocycles. The van der Waals surface area contributed by atoms with Crippen molar-refractivity contribution in [3.63, 3.8) is 0 Å². The van der Waals surface area contributed by atoms with E-state index in [4.69, 9.17) is 10.5 Å². The molecule has 2 rings (SSSR count). The zero-order valence-corrected chi connectivity index (χ0v) is 12.7. The van der Waals surface area contributed by atoms with Gasteiger partial charge in [0.1, 0.15) is 12.4 Å². The van der Waals surface area contributed by atoms with Gasteiger partial charge in [0.2, 0.25) is 0 Å². The van der Waals surface area contributed by atoms with Crippen molar-refractivity contribution < 1.29 is 4.74 Å². The SMILES string of the molecule is Cc1ccc(C)c(COc2cc(C)ccc2[C@@H](C)N)c1. The Hall–Kier alpha value is -1.80. The summed E-state index contributed by atoms with van der Waals surface area (Å²) in [5.74, 6) is 0.890. The number of rotatable bonds is 4. The van der Waals surface area contributed by atoms with E-state index in [2.05, 4.69) is 57.2 Å². The summed E-state index contributed by atoms with van der Waals surface area (Å²) in [4.78, 5) is 0. The Morgan fingerprint density at radius 1 is 1.00 bits per heavy atom. The monoisotopic (exact) mass is 269 g/mol. The van der Waals surface area contributed by atoms with Gasteiger partial charge in [-0.05, 0) is 50.5 Å². The van der Waals surface area contributed by atoms with E-state index in [1.807, 2.05) is 6.92 Å². The molecule has 2 heteroatoms. The van der Waals surface area contributed by atoms with Crippen molar-refractivity contribution in [2.45, 2.75) is 40.3 Å². The first-order valence-corrected chi connectivity index (χ1v) is 7.02. The molecule has 0 saturated carbocycles. The van der Waals surface area contributed by atoms with Gasteiger partial charge in [-0.2, -0.15) is 0 Å². The molecule has 2 nitrogen and oxygen atoms in total. The van der Waals surface area contributed by atoms with Gasteiger partial charge in [0.05, 0.1) is 0 Å². The van der Waals surface area contributed by atoms with E-state index in [1.54, 1.807) is 0 Å². The number of hydrogen-bond donors (Lipinski definition) is 1. The highest BCUT2D eigenvalue weighted by Crippen LogP contribution is 2.26. The van der Waals surface area contributed by atoms with E-state index in [0.29, 0.717) is 6.61 Å². The average Bonchev–Trinajstić information content (AvgIpc) is 2.39. The molecule has 0 bridgehead atoms. The molecule has 0 spiro atoms. The molecule has 2 aromatic rings. The molecule has 0 saturated heterocycles. The first kappa shape index (κ1) is 14.6. The highest BCUT2D eigenvalue weighted by atomic mass is 16.5. The van der Waals surface area contributed by atoms with E-state index in [1.165, 1.54) is 22.3 Å². The summed E-state index contributed by atoms with van der Waals surface area (Å²) in [5.41, 5.74) is 12.0. The molecular weight excluding hydrogens is 246 g/mol.